The molecule has 3 aromatic carbocycles. The predicted octanol–water partition coefficient (Wildman–Crippen LogP) is 6.01. The lowest BCUT2D eigenvalue weighted by molar-refractivity contribution is -0.136. The second kappa shape index (κ2) is 12.6. The SMILES string of the molecule is CCOc1cc(/C=N\NC(=O)C(=O)Nc2ccc(Cl)c(Cl)c2)ccc1OC(=O)c1ccc(Cl)cc1Cl. The van der Waals surface area contributed by atoms with E-state index in [0.717, 1.165) is 0 Å². The van der Waals surface area contributed by atoms with Crippen LogP contribution in [0.5, 0.6) is 11.5 Å². The van der Waals surface area contributed by atoms with Crippen molar-refractivity contribution in [2.45, 2.75) is 6.92 Å². The van der Waals surface area contributed by atoms with E-state index in [-0.39, 0.29) is 27.1 Å². The minimum Gasteiger partial charge on any atom is -0.490 e. The van der Waals surface area contributed by atoms with Gasteiger partial charge in [-0.25, -0.2) is 10.2 Å². The number of hydrazone groups is 1. The molecule has 12 heteroatoms. The number of ether oxygens (including phenoxy) is 2. The topological polar surface area (TPSA) is 106 Å². The van der Waals surface area contributed by atoms with E-state index in [9.17, 15) is 14.4 Å². The molecule has 0 radical (unpaired) electrons. The lowest BCUT2D eigenvalue weighted by Crippen LogP contribution is -2.32. The fraction of sp³-hybridized carbons (Fsp3) is 0.0833. The summed E-state index contributed by atoms with van der Waals surface area (Å²) in [6, 6.07) is 13.4. The van der Waals surface area contributed by atoms with Crippen LogP contribution in [0, 0.1) is 0 Å². The summed E-state index contributed by atoms with van der Waals surface area (Å²) >= 11 is 23.7. The van der Waals surface area contributed by atoms with Gasteiger partial charge in [0.05, 0.1) is 33.5 Å². The Morgan fingerprint density at radius 3 is 2.33 bits per heavy atom. The summed E-state index contributed by atoms with van der Waals surface area (Å²) in [7, 11) is 0. The fourth-order valence-corrected chi connectivity index (χ4v) is 3.53. The Bertz CT molecular complexity index is 1350. The van der Waals surface area contributed by atoms with Crippen LogP contribution in [0.2, 0.25) is 20.1 Å². The van der Waals surface area contributed by atoms with Gasteiger partial charge in [-0.05, 0) is 67.1 Å². The number of benzene rings is 3. The van der Waals surface area contributed by atoms with Crippen molar-refractivity contribution in [3.05, 3.63) is 85.8 Å². The molecule has 36 heavy (non-hydrogen) atoms. The van der Waals surface area contributed by atoms with Gasteiger partial charge < -0.3 is 14.8 Å². The molecule has 0 atom stereocenters. The quantitative estimate of drug-likeness (QED) is 0.119. The maximum Gasteiger partial charge on any atom is 0.345 e. The van der Waals surface area contributed by atoms with Crippen LogP contribution in [-0.2, 0) is 9.59 Å². The van der Waals surface area contributed by atoms with Crippen molar-refractivity contribution in [3.63, 3.8) is 0 Å². The van der Waals surface area contributed by atoms with Crippen LogP contribution in [0.1, 0.15) is 22.8 Å². The predicted molar refractivity (Wildman–Crippen MR) is 140 cm³/mol. The molecule has 0 saturated carbocycles. The van der Waals surface area contributed by atoms with E-state index in [2.05, 4.69) is 15.8 Å². The maximum absolute atomic E-state index is 12.5. The number of rotatable bonds is 7. The Morgan fingerprint density at radius 1 is 0.861 bits per heavy atom. The molecule has 0 aliphatic rings. The van der Waals surface area contributed by atoms with Gasteiger partial charge >= 0.3 is 17.8 Å². The minimum absolute atomic E-state index is 0.135. The largest absolute Gasteiger partial charge is 0.490 e. The summed E-state index contributed by atoms with van der Waals surface area (Å²) in [5, 5.41) is 7.21. The van der Waals surface area contributed by atoms with Crippen LogP contribution < -0.4 is 20.2 Å². The molecule has 3 aromatic rings. The van der Waals surface area contributed by atoms with Crippen molar-refractivity contribution in [2.75, 3.05) is 11.9 Å². The summed E-state index contributed by atoms with van der Waals surface area (Å²) in [5.41, 5.74) is 3.04. The Kier molecular flexibility index (Phi) is 9.55. The highest BCUT2D eigenvalue weighted by atomic mass is 35.5. The van der Waals surface area contributed by atoms with E-state index in [1.165, 1.54) is 48.7 Å². The molecule has 0 unspecified atom stereocenters. The lowest BCUT2D eigenvalue weighted by atomic mass is 10.2. The first kappa shape index (κ1) is 27.3. The monoisotopic (exact) mass is 567 g/mol. The molecule has 0 bridgehead atoms. The molecular weight excluding hydrogens is 552 g/mol. The van der Waals surface area contributed by atoms with Gasteiger partial charge in [0.15, 0.2) is 11.5 Å². The van der Waals surface area contributed by atoms with Gasteiger partial charge in [0, 0.05) is 10.7 Å². The Balaban J connectivity index is 1.65. The van der Waals surface area contributed by atoms with Gasteiger partial charge in [-0.2, -0.15) is 5.10 Å². The van der Waals surface area contributed by atoms with Gasteiger partial charge in [-0.3, -0.25) is 9.59 Å². The number of halogens is 4. The Hall–Kier alpha value is -3.30. The number of nitrogens with one attached hydrogen (secondary N) is 2. The summed E-state index contributed by atoms with van der Waals surface area (Å²) < 4.78 is 11.0. The van der Waals surface area contributed by atoms with Crippen molar-refractivity contribution < 1.29 is 23.9 Å². The van der Waals surface area contributed by atoms with Crippen molar-refractivity contribution in [2.24, 2.45) is 5.10 Å². The number of hydrogen-bond donors (Lipinski definition) is 2. The van der Waals surface area contributed by atoms with E-state index < -0.39 is 17.8 Å². The van der Waals surface area contributed by atoms with E-state index in [1.54, 1.807) is 19.1 Å². The normalized spacial score (nSPS) is 10.7. The molecule has 3 rings (SSSR count). The second-order valence-electron chi connectivity index (χ2n) is 6.94. The number of nitrogens with zero attached hydrogens (tertiary/aromatic N) is 1. The molecule has 2 N–H and O–H groups in total. The van der Waals surface area contributed by atoms with E-state index >= 15 is 0 Å². The highest BCUT2D eigenvalue weighted by molar-refractivity contribution is 6.43. The highest BCUT2D eigenvalue weighted by Crippen LogP contribution is 2.30. The number of carbonyl (C=O) groups excluding carboxylic acids is 3. The van der Waals surface area contributed by atoms with Gasteiger partial charge in [0.25, 0.3) is 0 Å². The third kappa shape index (κ3) is 7.35. The molecule has 0 aromatic heterocycles. The van der Waals surface area contributed by atoms with E-state index in [0.29, 0.717) is 27.9 Å². The number of carbonyl (C=O) groups is 3. The third-order valence-electron chi connectivity index (χ3n) is 4.38. The molecule has 0 aliphatic carbocycles. The molecule has 8 nitrogen and oxygen atoms in total. The van der Waals surface area contributed by atoms with Gasteiger partial charge in [0.1, 0.15) is 0 Å². The number of esters is 1. The molecule has 186 valence electrons. The zero-order chi connectivity index (χ0) is 26.2. The summed E-state index contributed by atoms with van der Waals surface area (Å²) in [4.78, 5) is 36.6. The molecule has 0 fully saturated rings. The molecule has 0 saturated heterocycles. The Morgan fingerprint density at radius 2 is 1.64 bits per heavy atom. The van der Waals surface area contributed by atoms with Crippen LogP contribution >= 0.6 is 46.4 Å². The van der Waals surface area contributed by atoms with Crippen molar-refractivity contribution in [1.82, 2.24) is 5.43 Å². The average molecular weight is 569 g/mol. The van der Waals surface area contributed by atoms with E-state index in [4.69, 9.17) is 55.9 Å². The maximum atomic E-state index is 12.5. The van der Waals surface area contributed by atoms with Gasteiger partial charge in [-0.15, -0.1) is 0 Å². The zero-order valence-corrected chi connectivity index (χ0v) is 21.5. The van der Waals surface area contributed by atoms with Crippen LogP contribution in [-0.4, -0.2) is 30.6 Å². The van der Waals surface area contributed by atoms with Crippen molar-refractivity contribution in [1.29, 1.82) is 0 Å². The fourth-order valence-electron chi connectivity index (χ4n) is 2.75. The van der Waals surface area contributed by atoms with Crippen molar-refractivity contribution in [3.8, 4) is 11.5 Å². The second-order valence-corrected chi connectivity index (χ2v) is 8.59. The lowest BCUT2D eigenvalue weighted by Gasteiger charge is -2.12. The minimum atomic E-state index is -1.01. The molecular formula is C24H17Cl4N3O5. The van der Waals surface area contributed by atoms with Gasteiger partial charge in [-0.1, -0.05) is 46.4 Å². The zero-order valence-electron chi connectivity index (χ0n) is 18.5. The van der Waals surface area contributed by atoms with Crippen LogP contribution in [0.4, 0.5) is 5.69 Å². The molecule has 0 spiro atoms. The average Bonchev–Trinajstić information content (AvgIpc) is 2.83. The first-order chi connectivity index (χ1) is 17.2. The van der Waals surface area contributed by atoms with Crippen LogP contribution in [0.25, 0.3) is 0 Å². The molecule has 2 amide bonds. The smallest absolute Gasteiger partial charge is 0.345 e. The summed E-state index contributed by atoms with van der Waals surface area (Å²) in [6.07, 6.45) is 1.29. The Labute approximate surface area is 226 Å². The van der Waals surface area contributed by atoms with Gasteiger partial charge in [0.2, 0.25) is 0 Å². The summed E-state index contributed by atoms with van der Waals surface area (Å²) in [6.45, 7) is 2.05. The van der Waals surface area contributed by atoms with E-state index in [1.807, 2.05) is 0 Å². The van der Waals surface area contributed by atoms with Crippen LogP contribution in [0.3, 0.4) is 0 Å². The standard InChI is InChI=1S/C24H17Cl4N3O5/c1-2-35-21-9-13(3-8-20(21)36-24(34)16-6-4-14(25)10-18(16)27)12-29-31-23(33)22(32)30-15-5-7-17(26)19(28)11-15/h3-12H,2H2,1H3,(H,30,32)(H,31,33)/b29-12-. The first-order valence-electron chi connectivity index (χ1n) is 10.2. The molecule has 0 aliphatic heterocycles. The first-order valence-corrected chi connectivity index (χ1v) is 11.7. The van der Waals surface area contributed by atoms with Crippen molar-refractivity contribution >= 4 is 76.1 Å². The number of amides is 2. The third-order valence-corrected chi connectivity index (χ3v) is 5.67. The highest BCUT2D eigenvalue weighted by Gasteiger charge is 2.17. The van der Waals surface area contributed by atoms with Crippen LogP contribution in [0.15, 0.2) is 59.7 Å². The summed E-state index contributed by atoms with van der Waals surface area (Å²) in [5.74, 6) is -2.26. The number of hydrogen-bond acceptors (Lipinski definition) is 6. The molecule has 0 heterocycles. The number of anilines is 1.